The molecule has 0 radical (unpaired) electrons. The molecule has 6 heteroatoms. The summed E-state index contributed by atoms with van der Waals surface area (Å²) in [6.07, 6.45) is 8.02. The third kappa shape index (κ3) is 5.89. The molecule has 0 N–H and O–H groups in total. The van der Waals surface area contributed by atoms with Gasteiger partial charge >= 0.3 is 0 Å². The number of nitrogens with zero attached hydrogens (tertiary/aromatic N) is 4. The minimum atomic E-state index is -0.176. The van der Waals surface area contributed by atoms with Crippen molar-refractivity contribution in [2.45, 2.75) is 45.4 Å². The fourth-order valence-corrected chi connectivity index (χ4v) is 4.30. The molecule has 0 saturated heterocycles. The number of hydrogen-bond donors (Lipinski definition) is 0. The molecule has 0 bridgehead atoms. The molecule has 0 saturated carbocycles. The predicted octanol–water partition coefficient (Wildman–Crippen LogP) is 7.23. The summed E-state index contributed by atoms with van der Waals surface area (Å²) in [6, 6.07) is 27.4. The number of ether oxygens (including phenoxy) is 1. The first-order valence-electron chi connectivity index (χ1n) is 12.5. The SMILES string of the molecule is CN1C=CN(c2[c-]c(Oc3[c-]c(-n4cc(C(C)(C)c5ccccc5)cn4)cc(C(C)(C)C)c3)ccc2)[CH-]1.[Pt]. The molecule has 0 spiro atoms. The maximum atomic E-state index is 6.32. The predicted molar refractivity (Wildman–Crippen MR) is 149 cm³/mol. The summed E-state index contributed by atoms with van der Waals surface area (Å²) < 4.78 is 8.21. The van der Waals surface area contributed by atoms with E-state index in [1.54, 1.807) is 0 Å². The van der Waals surface area contributed by atoms with E-state index >= 15 is 0 Å². The third-order valence-electron chi connectivity index (χ3n) is 6.76. The first-order chi connectivity index (χ1) is 17.6. The Balaban J connectivity index is 0.00000336. The molecule has 38 heavy (non-hydrogen) atoms. The Kier molecular flexibility index (Phi) is 7.90. The van der Waals surface area contributed by atoms with E-state index in [1.807, 2.05) is 71.1 Å². The van der Waals surface area contributed by atoms with Gasteiger partial charge in [-0.05, 0) is 36.1 Å². The van der Waals surface area contributed by atoms with Crippen LogP contribution < -0.4 is 9.64 Å². The van der Waals surface area contributed by atoms with Gasteiger partial charge in [-0.1, -0.05) is 65.0 Å². The number of hydrogen-bond acceptors (Lipinski definition) is 4. The molecule has 0 fully saturated rings. The first kappa shape index (κ1) is 27.7. The van der Waals surface area contributed by atoms with Crippen LogP contribution in [0, 0.1) is 18.8 Å². The van der Waals surface area contributed by atoms with Crippen LogP contribution in [0.1, 0.15) is 51.3 Å². The zero-order valence-electron chi connectivity index (χ0n) is 22.7. The Morgan fingerprint density at radius 2 is 1.53 bits per heavy atom. The van der Waals surface area contributed by atoms with Crippen molar-refractivity contribution in [1.82, 2.24) is 14.7 Å². The molecule has 0 amide bonds. The van der Waals surface area contributed by atoms with E-state index in [9.17, 15) is 0 Å². The summed E-state index contributed by atoms with van der Waals surface area (Å²) in [5.74, 6) is 1.27. The summed E-state index contributed by atoms with van der Waals surface area (Å²) in [6.45, 7) is 13.0. The topological polar surface area (TPSA) is 33.5 Å². The van der Waals surface area contributed by atoms with Crippen LogP contribution in [0.3, 0.4) is 0 Å². The minimum absolute atomic E-state index is 0. The first-order valence-corrected chi connectivity index (χ1v) is 12.5. The van der Waals surface area contributed by atoms with Crippen LogP contribution in [0.5, 0.6) is 11.5 Å². The summed E-state index contributed by atoms with van der Waals surface area (Å²) >= 11 is 0. The van der Waals surface area contributed by atoms with E-state index < -0.39 is 0 Å². The van der Waals surface area contributed by atoms with Crippen molar-refractivity contribution >= 4 is 5.69 Å². The number of rotatable bonds is 6. The van der Waals surface area contributed by atoms with Gasteiger partial charge in [-0.15, -0.1) is 47.6 Å². The second-order valence-corrected chi connectivity index (χ2v) is 11.0. The molecule has 0 aliphatic carbocycles. The maximum absolute atomic E-state index is 6.32. The van der Waals surface area contributed by atoms with Gasteiger partial charge in [0.15, 0.2) is 0 Å². The van der Waals surface area contributed by atoms with E-state index in [1.165, 1.54) is 5.56 Å². The van der Waals surface area contributed by atoms with Gasteiger partial charge < -0.3 is 14.5 Å². The molecule has 200 valence electrons. The number of anilines is 1. The molecule has 5 nitrogen and oxygen atoms in total. The van der Waals surface area contributed by atoms with Crippen molar-refractivity contribution in [3.8, 4) is 17.2 Å². The fraction of sp³-hybridized carbons (Fsp3) is 0.250. The van der Waals surface area contributed by atoms with Gasteiger partial charge in [0.2, 0.25) is 0 Å². The van der Waals surface area contributed by atoms with Gasteiger partial charge in [-0.2, -0.15) is 17.8 Å². The van der Waals surface area contributed by atoms with Crippen LogP contribution in [0.25, 0.3) is 5.69 Å². The summed E-state index contributed by atoms with van der Waals surface area (Å²) in [5, 5.41) is 4.72. The molecule has 3 aromatic carbocycles. The molecule has 1 aliphatic rings. The molecule has 0 atom stereocenters. The minimum Gasteiger partial charge on any atom is -0.510 e. The monoisotopic (exact) mass is 684 g/mol. The Hall–Kier alpha value is -3.30. The van der Waals surface area contributed by atoms with Crippen molar-refractivity contribution in [2.24, 2.45) is 0 Å². The van der Waals surface area contributed by atoms with E-state index in [-0.39, 0.29) is 31.9 Å². The summed E-state index contributed by atoms with van der Waals surface area (Å²) in [5.41, 5.74) is 5.02. The Labute approximate surface area is 241 Å². The largest absolute Gasteiger partial charge is 0.510 e. The molecule has 1 aromatic heterocycles. The van der Waals surface area contributed by atoms with Crippen molar-refractivity contribution in [3.05, 3.63) is 121 Å². The van der Waals surface area contributed by atoms with Gasteiger partial charge in [0.25, 0.3) is 0 Å². The number of aromatic nitrogens is 2. The molecule has 5 rings (SSSR count). The van der Waals surface area contributed by atoms with Gasteiger partial charge in [-0.25, -0.2) is 0 Å². The van der Waals surface area contributed by atoms with Crippen molar-refractivity contribution in [2.75, 3.05) is 11.9 Å². The van der Waals surface area contributed by atoms with Crippen LogP contribution in [-0.4, -0.2) is 21.7 Å². The molecular formula is C32H33N4OPt-3. The number of benzene rings is 3. The van der Waals surface area contributed by atoms with E-state index in [0.29, 0.717) is 11.5 Å². The van der Waals surface area contributed by atoms with Crippen LogP contribution >= 0.6 is 0 Å². The summed E-state index contributed by atoms with van der Waals surface area (Å²) in [7, 11) is 1.99. The normalized spacial score (nSPS) is 13.5. The van der Waals surface area contributed by atoms with Gasteiger partial charge in [0, 0.05) is 49.7 Å². The van der Waals surface area contributed by atoms with Crippen LogP contribution in [-0.2, 0) is 31.9 Å². The molecule has 1 aliphatic heterocycles. The van der Waals surface area contributed by atoms with Crippen molar-refractivity contribution < 1.29 is 25.8 Å². The summed E-state index contributed by atoms with van der Waals surface area (Å²) in [4.78, 5) is 4.00. The molecule has 4 aromatic rings. The second-order valence-electron chi connectivity index (χ2n) is 11.0. The van der Waals surface area contributed by atoms with Gasteiger partial charge in [0.1, 0.15) is 0 Å². The van der Waals surface area contributed by atoms with Crippen LogP contribution in [0.2, 0.25) is 0 Å². The van der Waals surface area contributed by atoms with Crippen molar-refractivity contribution in [3.63, 3.8) is 0 Å². The zero-order valence-corrected chi connectivity index (χ0v) is 24.9. The quantitative estimate of drug-likeness (QED) is 0.201. The van der Waals surface area contributed by atoms with Crippen LogP contribution in [0.4, 0.5) is 5.69 Å². The standard InChI is InChI=1S/C32H33N4O.Pt/c1-31(2,3)25-17-28(36-22-26(21-33-36)32(4,5)24-11-8-7-9-12-24)20-30(18-25)37-29-14-10-13-27(19-29)35-16-15-34(6)23-35;/h7-18,21-23H,1-6H3;/q-3;. The van der Waals surface area contributed by atoms with Crippen LogP contribution in [0.15, 0.2) is 85.5 Å². The zero-order chi connectivity index (χ0) is 26.2. The van der Waals surface area contributed by atoms with Gasteiger partial charge in [-0.3, -0.25) is 4.68 Å². The Morgan fingerprint density at radius 3 is 2.21 bits per heavy atom. The van der Waals surface area contributed by atoms with E-state index in [0.717, 1.165) is 22.5 Å². The Morgan fingerprint density at radius 1 is 0.789 bits per heavy atom. The van der Waals surface area contributed by atoms with E-state index in [4.69, 9.17) is 9.84 Å². The van der Waals surface area contributed by atoms with Gasteiger partial charge in [0.05, 0.1) is 6.20 Å². The second kappa shape index (κ2) is 10.8. The third-order valence-corrected chi connectivity index (χ3v) is 6.76. The molecule has 2 heterocycles. The fourth-order valence-electron chi connectivity index (χ4n) is 4.30. The molecular weight excluding hydrogens is 651 g/mol. The van der Waals surface area contributed by atoms with E-state index in [2.05, 4.69) is 89.3 Å². The molecule has 0 unspecified atom stereocenters. The maximum Gasteiger partial charge on any atom is 0.0534 e. The Bertz CT molecular complexity index is 1420. The average molecular weight is 685 g/mol. The average Bonchev–Trinajstić information content (AvgIpc) is 3.54. The van der Waals surface area contributed by atoms with Crippen molar-refractivity contribution in [1.29, 1.82) is 0 Å². The smallest absolute Gasteiger partial charge is 0.0534 e.